The van der Waals surface area contributed by atoms with Crippen LogP contribution in [0.15, 0.2) is 46.9 Å². The first-order valence-electron chi connectivity index (χ1n) is 6.69. The minimum atomic E-state index is -0.482. The summed E-state index contributed by atoms with van der Waals surface area (Å²) in [6.45, 7) is 4.37. The van der Waals surface area contributed by atoms with Crippen molar-refractivity contribution in [2.45, 2.75) is 32.3 Å². The number of aliphatic hydroxyl groups is 1. The van der Waals surface area contributed by atoms with Crippen molar-refractivity contribution in [2.75, 3.05) is 0 Å². The monoisotopic (exact) mass is 444 g/mol. The Kier molecular flexibility index (Phi) is 5.64. The Morgan fingerprint density at radius 3 is 2.35 bits per heavy atom. The quantitative estimate of drug-likeness (QED) is 0.621. The normalized spacial score (nSPS) is 12.7. The van der Waals surface area contributed by atoms with Gasteiger partial charge in [0.1, 0.15) is 0 Å². The molecule has 0 heterocycles. The summed E-state index contributed by atoms with van der Waals surface area (Å²) in [5.41, 5.74) is 3.44. The average Bonchev–Trinajstić information content (AvgIpc) is 2.42. The molecule has 0 saturated carbocycles. The molecule has 0 aromatic heterocycles. The lowest BCUT2D eigenvalue weighted by molar-refractivity contribution is 0.177. The van der Waals surface area contributed by atoms with Crippen molar-refractivity contribution >= 4 is 38.5 Å². The Morgan fingerprint density at radius 1 is 1.10 bits per heavy atom. The number of hydrogen-bond donors (Lipinski definition) is 1. The number of hydrogen-bond acceptors (Lipinski definition) is 1. The maximum atomic E-state index is 10.4. The lowest BCUT2D eigenvalue weighted by atomic mass is 9.97. The fourth-order valence-corrected chi connectivity index (χ4v) is 3.17. The van der Waals surface area contributed by atoms with E-state index in [4.69, 9.17) is 0 Å². The summed E-state index contributed by atoms with van der Waals surface area (Å²) in [5, 5.41) is 10.4. The zero-order chi connectivity index (χ0) is 14.7. The van der Waals surface area contributed by atoms with Crippen LogP contribution in [0.3, 0.4) is 0 Å². The van der Waals surface area contributed by atoms with E-state index in [2.05, 4.69) is 76.6 Å². The highest BCUT2D eigenvalue weighted by Gasteiger charge is 2.13. The molecule has 0 aliphatic rings. The van der Waals surface area contributed by atoms with Crippen LogP contribution < -0.4 is 0 Å². The van der Waals surface area contributed by atoms with Gasteiger partial charge in [-0.2, -0.15) is 0 Å². The molecule has 1 nitrogen and oxygen atoms in total. The van der Waals surface area contributed by atoms with Crippen molar-refractivity contribution in [3.63, 3.8) is 0 Å². The Balaban J connectivity index is 2.14. The van der Waals surface area contributed by atoms with Gasteiger partial charge in [0.25, 0.3) is 0 Å². The maximum Gasteiger partial charge on any atom is 0.0841 e. The van der Waals surface area contributed by atoms with E-state index in [0.29, 0.717) is 12.3 Å². The fourth-order valence-electron chi connectivity index (χ4n) is 2.14. The number of halogens is 2. The van der Waals surface area contributed by atoms with Crippen LogP contribution in [0, 0.1) is 3.57 Å². The fraction of sp³-hybridized carbons (Fsp3) is 0.294. The first-order chi connectivity index (χ1) is 9.47. The molecule has 2 aromatic rings. The van der Waals surface area contributed by atoms with Crippen molar-refractivity contribution in [1.29, 1.82) is 0 Å². The summed E-state index contributed by atoms with van der Waals surface area (Å²) >= 11 is 5.78. The number of benzene rings is 2. The van der Waals surface area contributed by atoms with Gasteiger partial charge in [-0.1, -0.05) is 54.0 Å². The van der Waals surface area contributed by atoms with E-state index in [9.17, 15) is 5.11 Å². The number of rotatable bonds is 4. The molecule has 0 saturated heterocycles. The maximum absolute atomic E-state index is 10.4. The van der Waals surface area contributed by atoms with Crippen LogP contribution in [0.25, 0.3) is 0 Å². The third kappa shape index (κ3) is 4.06. The summed E-state index contributed by atoms with van der Waals surface area (Å²) in [7, 11) is 0. The van der Waals surface area contributed by atoms with Crippen molar-refractivity contribution in [2.24, 2.45) is 0 Å². The molecule has 1 N–H and O–H groups in total. The van der Waals surface area contributed by atoms with Crippen LogP contribution in [0.1, 0.15) is 42.6 Å². The van der Waals surface area contributed by atoms with Crippen LogP contribution in [0.2, 0.25) is 0 Å². The largest absolute Gasteiger partial charge is 0.388 e. The van der Waals surface area contributed by atoms with Gasteiger partial charge in [0.15, 0.2) is 0 Å². The number of aliphatic hydroxyl groups excluding tert-OH is 1. The minimum Gasteiger partial charge on any atom is -0.388 e. The van der Waals surface area contributed by atoms with E-state index in [1.54, 1.807) is 0 Å². The third-order valence-electron chi connectivity index (χ3n) is 3.39. The van der Waals surface area contributed by atoms with Crippen molar-refractivity contribution < 1.29 is 5.11 Å². The molecule has 0 radical (unpaired) electrons. The molecule has 106 valence electrons. The highest BCUT2D eigenvalue weighted by atomic mass is 127. The van der Waals surface area contributed by atoms with E-state index in [1.165, 1.54) is 5.56 Å². The first-order valence-corrected chi connectivity index (χ1v) is 8.56. The molecule has 0 bridgehead atoms. The first kappa shape index (κ1) is 16.0. The Hall–Kier alpha value is -0.390. The Morgan fingerprint density at radius 2 is 1.75 bits per heavy atom. The molecule has 3 heteroatoms. The van der Waals surface area contributed by atoms with Gasteiger partial charge in [-0.15, -0.1) is 0 Å². The second-order valence-corrected chi connectivity index (χ2v) is 7.38. The molecule has 0 amide bonds. The van der Waals surface area contributed by atoms with Gasteiger partial charge in [0.2, 0.25) is 0 Å². The van der Waals surface area contributed by atoms with E-state index >= 15 is 0 Å². The average molecular weight is 445 g/mol. The molecule has 2 rings (SSSR count). The highest BCUT2D eigenvalue weighted by Crippen LogP contribution is 2.28. The summed E-state index contributed by atoms with van der Waals surface area (Å²) in [6, 6.07) is 14.6. The van der Waals surface area contributed by atoms with Crippen LogP contribution in [-0.4, -0.2) is 5.11 Å². The molecular weight excluding hydrogens is 427 g/mol. The van der Waals surface area contributed by atoms with E-state index in [-0.39, 0.29) is 0 Å². The molecule has 0 fully saturated rings. The van der Waals surface area contributed by atoms with Crippen LogP contribution in [-0.2, 0) is 6.42 Å². The van der Waals surface area contributed by atoms with Gasteiger partial charge in [-0.3, -0.25) is 0 Å². The minimum absolute atomic E-state index is 0.482. The predicted octanol–water partition coefficient (Wildman–Crippen LogP) is 5.45. The van der Waals surface area contributed by atoms with Crippen molar-refractivity contribution in [3.8, 4) is 0 Å². The van der Waals surface area contributed by atoms with Crippen molar-refractivity contribution in [3.05, 3.63) is 67.2 Å². The second kappa shape index (κ2) is 7.05. The highest BCUT2D eigenvalue weighted by molar-refractivity contribution is 14.1. The zero-order valence-electron chi connectivity index (χ0n) is 11.6. The molecule has 0 aliphatic carbocycles. The topological polar surface area (TPSA) is 20.2 Å². The summed E-state index contributed by atoms with van der Waals surface area (Å²) < 4.78 is 2.10. The zero-order valence-corrected chi connectivity index (χ0v) is 15.3. The molecule has 2 aromatic carbocycles. The van der Waals surface area contributed by atoms with Crippen LogP contribution >= 0.6 is 38.5 Å². The molecular formula is C17H18BrIO. The molecule has 1 unspecified atom stereocenters. The van der Waals surface area contributed by atoms with Gasteiger partial charge >= 0.3 is 0 Å². The standard InChI is InChI=1S/C17H18BrIO/c1-11(2)13-5-3-12(4-6-13)9-17(20)15-10-14(19)7-8-16(15)18/h3-8,10-11,17,20H,9H2,1-2H3. The Bertz CT molecular complexity index is 578. The lowest BCUT2D eigenvalue weighted by Gasteiger charge is -2.14. The van der Waals surface area contributed by atoms with E-state index < -0.39 is 6.10 Å². The van der Waals surface area contributed by atoms with E-state index in [1.807, 2.05) is 18.2 Å². The summed E-state index contributed by atoms with van der Waals surface area (Å²) in [4.78, 5) is 0. The molecule has 1 atom stereocenters. The third-order valence-corrected chi connectivity index (χ3v) is 4.79. The van der Waals surface area contributed by atoms with Crippen LogP contribution in [0.4, 0.5) is 0 Å². The SMILES string of the molecule is CC(C)c1ccc(CC(O)c2cc(I)ccc2Br)cc1. The van der Waals surface area contributed by atoms with E-state index in [0.717, 1.165) is 19.2 Å². The van der Waals surface area contributed by atoms with Gasteiger partial charge in [-0.25, -0.2) is 0 Å². The van der Waals surface area contributed by atoms with Gasteiger partial charge in [0, 0.05) is 14.5 Å². The molecule has 20 heavy (non-hydrogen) atoms. The molecule has 0 aliphatic heterocycles. The lowest BCUT2D eigenvalue weighted by Crippen LogP contribution is -2.03. The van der Waals surface area contributed by atoms with Gasteiger partial charge in [0.05, 0.1) is 6.10 Å². The Labute approximate surface area is 142 Å². The van der Waals surface area contributed by atoms with Crippen molar-refractivity contribution in [1.82, 2.24) is 0 Å². The summed E-state index contributed by atoms with van der Waals surface area (Å²) in [5.74, 6) is 0.541. The van der Waals surface area contributed by atoms with Crippen LogP contribution in [0.5, 0.6) is 0 Å². The predicted molar refractivity (Wildman–Crippen MR) is 96.1 cm³/mol. The van der Waals surface area contributed by atoms with Gasteiger partial charge < -0.3 is 5.11 Å². The van der Waals surface area contributed by atoms with Gasteiger partial charge in [-0.05, 0) is 63.4 Å². The summed E-state index contributed by atoms with van der Waals surface area (Å²) in [6.07, 6.45) is 0.154. The second-order valence-electron chi connectivity index (χ2n) is 5.28. The molecule has 0 spiro atoms. The smallest absolute Gasteiger partial charge is 0.0841 e.